The number of aromatic nitrogens is 2. The Morgan fingerprint density at radius 3 is 1.26 bits per heavy atom. The summed E-state index contributed by atoms with van der Waals surface area (Å²) in [6, 6.07) is 6.62. The summed E-state index contributed by atoms with van der Waals surface area (Å²) in [5.74, 6) is -19.1. The Balaban J connectivity index is 0.000000158. The molecule has 6 aromatic rings. The van der Waals surface area contributed by atoms with E-state index in [9.17, 15) is 103 Å². The summed E-state index contributed by atoms with van der Waals surface area (Å²) in [6.45, 7) is 3.31. The summed E-state index contributed by atoms with van der Waals surface area (Å²) in [4.78, 5) is 140. The Morgan fingerprint density at radius 1 is 0.504 bits per heavy atom. The van der Waals surface area contributed by atoms with Crippen LogP contribution in [0, 0.1) is 23.3 Å². The van der Waals surface area contributed by atoms with Gasteiger partial charge in [-0.2, -0.15) is 8.78 Å². The van der Waals surface area contributed by atoms with E-state index in [-0.39, 0.29) is 163 Å². The average molecular weight is 2090 g/mol. The summed E-state index contributed by atoms with van der Waals surface area (Å²) < 4.78 is 171. The van der Waals surface area contributed by atoms with Crippen LogP contribution in [0.15, 0.2) is 187 Å². The van der Waals surface area contributed by atoms with Gasteiger partial charge in [-0.05, 0) is 67.8 Å². The fourth-order valence-corrected chi connectivity index (χ4v) is 19.1. The number of aliphatic imine (C=N–C) groups is 6. The molecule has 750 valence electrons. The van der Waals surface area contributed by atoms with Crippen LogP contribution < -0.4 is 21.3 Å². The minimum Gasteiger partial charge on any atom is -0.480 e. The SMILES string of the molecule is COC(=O)C1=C(CN2CC(F)(F)CC[C@H]2C(=O)O)NC(c2nccs2)=N[C@H]1c1cccc(F)c1Cl.COC(=O)C1=C(CN2CC(F)(F)C[C@H]2C(=O)O)NC(C2=C(C)CC=N2)=N[C@H]1c1ccc(F)cc1Cl.COC(=O)C1=C(CN2CCOC[C@H]2C(=O)O)NC(C2=C(C)CC=N2)=N[C@H]1c1cccc(F)c1Cl.COC(=O)C1=C(CN2CCOC[C@H]2C(=O)O)NC(c2nc(C(C)(F)F)cs2)=N[C@H]1c1ccc(F)cc1Cl. The van der Waals surface area contributed by atoms with E-state index < -0.39 is 169 Å². The topological polar surface area (TPSA) is 434 Å². The molecule has 0 amide bonds. The van der Waals surface area contributed by atoms with Gasteiger partial charge < -0.3 is 70.1 Å². The van der Waals surface area contributed by atoms with E-state index in [0.717, 1.165) is 76.8 Å². The molecule has 4 saturated heterocycles. The second-order valence-electron chi connectivity index (χ2n) is 33.0. The first-order valence-corrected chi connectivity index (χ1v) is 46.1. The maximum atomic E-state index is 14.4. The van der Waals surface area contributed by atoms with Crippen molar-refractivity contribution in [2.45, 2.75) is 119 Å². The number of piperidine rings is 1. The van der Waals surface area contributed by atoms with Crippen molar-refractivity contribution >= 4 is 153 Å². The molecule has 0 bridgehead atoms. The zero-order valence-electron chi connectivity index (χ0n) is 75.4. The molecule has 10 aliphatic heterocycles. The first-order valence-electron chi connectivity index (χ1n) is 42.8. The molecule has 10 aliphatic rings. The molecule has 0 aliphatic carbocycles. The van der Waals surface area contributed by atoms with E-state index in [1.165, 1.54) is 73.5 Å². The Hall–Kier alpha value is -12.2. The highest BCUT2D eigenvalue weighted by atomic mass is 35.5. The molecule has 34 nitrogen and oxygen atoms in total. The second kappa shape index (κ2) is 45.4. The number of methoxy groups -OCH3 is 4. The molecule has 8 atom stereocenters. The monoisotopic (exact) mass is 2090 g/mol. The minimum atomic E-state index is -3.21. The Labute approximate surface area is 824 Å². The van der Waals surface area contributed by atoms with Crippen molar-refractivity contribution in [3.8, 4) is 0 Å². The lowest BCUT2D eigenvalue weighted by Gasteiger charge is -2.38. The van der Waals surface area contributed by atoms with Crippen molar-refractivity contribution in [3.05, 3.63) is 239 Å². The van der Waals surface area contributed by atoms with Gasteiger partial charge in [0.15, 0.2) is 33.4 Å². The number of likely N-dealkylation sites (tertiary alicyclic amines) is 2. The van der Waals surface area contributed by atoms with Crippen molar-refractivity contribution in [3.63, 3.8) is 0 Å². The van der Waals surface area contributed by atoms with Crippen molar-refractivity contribution in [1.82, 2.24) is 50.8 Å². The van der Waals surface area contributed by atoms with Gasteiger partial charge in [0.2, 0.25) is 0 Å². The fourth-order valence-electron chi connectivity index (χ4n) is 16.6. The van der Waals surface area contributed by atoms with Gasteiger partial charge in [0.05, 0.1) is 100 Å². The molecule has 16 rings (SSSR count). The third-order valence-corrected chi connectivity index (χ3v) is 26.6. The van der Waals surface area contributed by atoms with Crippen LogP contribution in [0.25, 0.3) is 0 Å². The van der Waals surface area contributed by atoms with Crippen LogP contribution in [0.4, 0.5) is 43.9 Å². The average Bonchev–Trinajstić information content (AvgIpc) is 1.77. The number of esters is 4. The van der Waals surface area contributed by atoms with Crippen molar-refractivity contribution in [2.24, 2.45) is 30.0 Å². The lowest BCUT2D eigenvalue weighted by molar-refractivity contribution is -0.152. The number of halogens is 14. The smallest absolute Gasteiger partial charge is 0.338 e. The molecule has 8 N–H and O–H groups in total. The fraction of sp³-hybridized carbons (Fsp3) is 0.385. The van der Waals surface area contributed by atoms with Crippen LogP contribution in [0.2, 0.25) is 20.1 Å². The number of benzene rings is 4. The van der Waals surface area contributed by atoms with Crippen LogP contribution in [0.3, 0.4) is 0 Å². The number of amidine groups is 4. The Morgan fingerprint density at radius 2 is 0.887 bits per heavy atom. The van der Waals surface area contributed by atoms with E-state index >= 15 is 0 Å². The molecule has 4 aromatic carbocycles. The molecule has 50 heteroatoms. The van der Waals surface area contributed by atoms with Crippen LogP contribution in [0.1, 0.15) is 115 Å². The van der Waals surface area contributed by atoms with Gasteiger partial charge in [0.25, 0.3) is 17.8 Å². The Kier molecular flexibility index (Phi) is 34.1. The predicted octanol–water partition coefficient (Wildman–Crippen LogP) is 13.0. The Bertz CT molecular complexity index is 6330. The molecule has 0 radical (unpaired) electrons. The predicted molar refractivity (Wildman–Crippen MR) is 496 cm³/mol. The van der Waals surface area contributed by atoms with E-state index in [1.807, 2.05) is 13.8 Å². The number of carboxylic acid groups (broad SMARTS) is 4. The number of rotatable bonds is 25. The van der Waals surface area contributed by atoms with Gasteiger partial charge in [-0.3, -0.25) is 68.7 Å². The van der Waals surface area contributed by atoms with Crippen LogP contribution in [0.5, 0.6) is 0 Å². The molecule has 2 aromatic heterocycles. The summed E-state index contributed by atoms with van der Waals surface area (Å²) >= 11 is 27.3. The second-order valence-corrected chi connectivity index (χ2v) is 36.3. The molecule has 0 unspecified atom stereocenters. The number of hydrogen-bond acceptors (Lipinski definition) is 32. The van der Waals surface area contributed by atoms with Gasteiger partial charge in [-0.15, -0.1) is 22.7 Å². The third-order valence-electron chi connectivity index (χ3n) is 23.6. The zero-order chi connectivity index (χ0) is 102. The maximum absolute atomic E-state index is 14.4. The number of hydrogen-bond donors (Lipinski definition) is 8. The largest absolute Gasteiger partial charge is 0.480 e. The molecule has 0 spiro atoms. The number of alkyl halides is 6. The number of morpholine rings is 2. The summed E-state index contributed by atoms with van der Waals surface area (Å²) in [5.41, 5.74) is 4.26. The summed E-state index contributed by atoms with van der Waals surface area (Å²) in [7, 11) is 4.68. The van der Waals surface area contributed by atoms with Gasteiger partial charge >= 0.3 is 47.8 Å². The van der Waals surface area contributed by atoms with E-state index in [2.05, 4.69) is 56.2 Å². The molecule has 141 heavy (non-hydrogen) atoms. The lowest BCUT2D eigenvalue weighted by Crippen LogP contribution is -2.54. The van der Waals surface area contributed by atoms with Gasteiger partial charge in [-0.25, -0.2) is 64.3 Å². The number of carboxylic acids is 4. The zero-order valence-corrected chi connectivity index (χ0v) is 80.1. The van der Waals surface area contributed by atoms with E-state index in [4.69, 9.17) is 79.8 Å². The number of aliphatic carboxylic acids is 4. The van der Waals surface area contributed by atoms with Crippen LogP contribution in [-0.2, 0) is 72.7 Å². The highest BCUT2D eigenvalue weighted by Crippen LogP contribution is 2.46. The first kappa shape index (κ1) is 106. The number of carbonyl (C=O) groups excluding carboxylic acids is 4. The van der Waals surface area contributed by atoms with E-state index in [0.29, 0.717) is 60.9 Å². The van der Waals surface area contributed by atoms with Crippen molar-refractivity contribution in [1.29, 1.82) is 0 Å². The quantitative estimate of drug-likeness (QED) is 0.0150. The third kappa shape index (κ3) is 24.6. The number of ether oxygens (including phenoxy) is 6. The molecular formula is C91H88Cl4F10N16O18S2. The van der Waals surface area contributed by atoms with Crippen LogP contribution in [-0.4, -0.2) is 277 Å². The number of nitrogens with zero attached hydrogens (tertiary/aromatic N) is 12. The normalized spacial score (nSPS) is 22.6. The number of thiazole rings is 2. The number of carbonyl (C=O) groups is 8. The minimum absolute atomic E-state index is 0.00232. The van der Waals surface area contributed by atoms with Crippen molar-refractivity contribution < 1.29 is 131 Å². The lowest BCUT2D eigenvalue weighted by atomic mass is 9.93. The highest BCUT2D eigenvalue weighted by molar-refractivity contribution is 7.12. The van der Waals surface area contributed by atoms with Crippen molar-refractivity contribution in [2.75, 3.05) is 107 Å². The molecular weight excluding hydrogens is 2000 g/mol. The van der Waals surface area contributed by atoms with Gasteiger partial charge in [0, 0.05) is 156 Å². The summed E-state index contributed by atoms with van der Waals surface area (Å²) in [5, 5.41) is 53.5. The first-order chi connectivity index (χ1) is 66.9. The molecule has 4 fully saturated rings. The molecule has 0 saturated carbocycles. The number of allylic oxidation sites excluding steroid dienone is 2. The molecule has 12 heterocycles. The number of nitrogens with one attached hydrogen (secondary N) is 4. The summed E-state index contributed by atoms with van der Waals surface area (Å²) in [6.07, 6.45) is 4.48. The van der Waals surface area contributed by atoms with Gasteiger partial charge in [-0.1, -0.05) is 82.8 Å². The van der Waals surface area contributed by atoms with Crippen LogP contribution >= 0.6 is 69.1 Å². The standard InChI is InChI=1S/C23H22ClF3N4O5S.C23H22ClF3N4O4.C23H24ClFN4O5.C22H20ClF3N4O4S/c1-23(26,27)16-10-37-20(29-16)19-28-14(8-31-5-6-36-9-15(31)21(32)33)17(22(34)35-2)18(30-19)12-4-3-11(25)7-13(12)24;1-11-5-6-28-18(11)20-29-15(9-31-10-23(26,27)8-16(31)21(32)33)17(22(34)35-2)19(30-20)13-4-3-12(25)7-14(13)24;1-12-6-7-26-19(12)21-27-15(10-29-8-9-34-11-16(29)22(30)31)17(23(32)33-2)20(28-21)13-4-3-5-14(25)18(13)24;1-34-21(33)15-13(9-30-10-22(25,26)6-5-14(30)20(31)32)28-18(19-27-7-8-35-19)29-17(15)11-3-2-4-12(24)16(11)23/h3-4,7,10,15,18H,5-6,8-9H2,1-2H3,(H,28,30)(H,32,33);3-4,6-7,16,19H,5,8-10H2,1-2H3,(H,29,30)(H,32,33);3-5,7,16,20H,6,8-11H2,1-2H3,(H,27,28)(H,30,31);2-4,7-8,14,17H,5-6,9-10H2,1H3,(H,28,29)(H,31,32)/t15-,18-;16-,19-;16-,20-;14-,17-/m0000/s1. The highest BCUT2D eigenvalue weighted by Gasteiger charge is 2.51. The van der Waals surface area contributed by atoms with E-state index in [1.54, 1.807) is 33.7 Å². The maximum Gasteiger partial charge on any atom is 0.338 e. The van der Waals surface area contributed by atoms with Gasteiger partial charge in [0.1, 0.15) is 88.7 Å².